The van der Waals surface area contributed by atoms with Gasteiger partial charge in [-0.25, -0.2) is 9.59 Å². The normalized spacial score (nSPS) is 15.1. The van der Waals surface area contributed by atoms with E-state index in [1.807, 2.05) is 25.1 Å². The minimum absolute atomic E-state index is 0.104. The molecule has 1 aliphatic rings. The number of carbonyl (C=O) groups excluding carboxylic acids is 6. The van der Waals surface area contributed by atoms with Crippen molar-refractivity contribution in [2.24, 2.45) is 5.41 Å². The first-order chi connectivity index (χ1) is 24.4. The number of aryl methyl sites for hydroxylation is 2. The van der Waals surface area contributed by atoms with Crippen molar-refractivity contribution in [3.05, 3.63) is 66.0 Å². The number of hydrogen-bond donors (Lipinski definition) is 1. The molecule has 1 aliphatic heterocycles. The molecule has 2 heterocycles. The second-order valence-electron chi connectivity index (χ2n) is 14.4. The van der Waals surface area contributed by atoms with Gasteiger partial charge in [0.15, 0.2) is 0 Å². The van der Waals surface area contributed by atoms with Gasteiger partial charge in [-0.2, -0.15) is 0 Å². The molecule has 1 fully saturated rings. The summed E-state index contributed by atoms with van der Waals surface area (Å²) < 4.78 is 21.9. The molecule has 2 aromatic rings. The third kappa shape index (κ3) is 12.3. The highest BCUT2D eigenvalue weighted by Crippen LogP contribution is 2.30. The maximum absolute atomic E-state index is 13.9. The maximum atomic E-state index is 13.9. The van der Waals surface area contributed by atoms with Gasteiger partial charge >= 0.3 is 17.9 Å². The lowest BCUT2D eigenvalue weighted by Crippen LogP contribution is -2.53. The molecule has 1 aromatic carbocycles. The third-order valence-electron chi connectivity index (χ3n) is 8.40. The number of carbonyl (C=O) groups is 6. The van der Waals surface area contributed by atoms with Gasteiger partial charge in [0.2, 0.25) is 11.7 Å². The predicted molar refractivity (Wildman–Crippen MR) is 192 cm³/mol. The number of esters is 3. The van der Waals surface area contributed by atoms with E-state index in [9.17, 15) is 28.8 Å². The van der Waals surface area contributed by atoms with E-state index in [0.29, 0.717) is 42.7 Å². The summed E-state index contributed by atoms with van der Waals surface area (Å²) >= 11 is 0. The van der Waals surface area contributed by atoms with E-state index >= 15 is 0 Å². The van der Waals surface area contributed by atoms with Gasteiger partial charge < -0.3 is 29.2 Å². The van der Waals surface area contributed by atoms with Crippen molar-refractivity contribution in [2.75, 3.05) is 25.6 Å². The highest BCUT2D eigenvalue weighted by atomic mass is 16.6. The largest absolute Gasteiger partial charge is 0.496 e. The summed E-state index contributed by atoms with van der Waals surface area (Å²) in [7, 11) is 1.59. The minimum Gasteiger partial charge on any atom is -0.496 e. The number of anilines is 1. The van der Waals surface area contributed by atoms with Gasteiger partial charge in [-0.3, -0.25) is 24.2 Å². The number of pyridine rings is 1. The van der Waals surface area contributed by atoms with Crippen LogP contribution in [0.2, 0.25) is 0 Å². The smallest absolute Gasteiger partial charge is 0.330 e. The molecule has 52 heavy (non-hydrogen) atoms. The average molecular weight is 722 g/mol. The second-order valence-corrected chi connectivity index (χ2v) is 14.4. The Kier molecular flexibility index (Phi) is 14.7. The van der Waals surface area contributed by atoms with Gasteiger partial charge in [0.05, 0.1) is 30.8 Å². The Morgan fingerprint density at radius 3 is 2.44 bits per heavy atom. The number of rotatable bonds is 16. The molecule has 2 amide bonds. The van der Waals surface area contributed by atoms with Crippen LogP contribution in [0.4, 0.5) is 5.69 Å². The van der Waals surface area contributed by atoms with Crippen LogP contribution in [0.25, 0.3) is 0 Å². The first-order valence-electron chi connectivity index (χ1n) is 17.4. The summed E-state index contributed by atoms with van der Waals surface area (Å²) in [5.41, 5.74) is 0.715. The number of ketones is 1. The van der Waals surface area contributed by atoms with E-state index < -0.39 is 58.7 Å². The number of piperidine rings is 1. The summed E-state index contributed by atoms with van der Waals surface area (Å²) in [5, 5.41) is 2.74. The summed E-state index contributed by atoms with van der Waals surface area (Å²) in [6.45, 7) is 13.3. The number of ether oxygens (including phenoxy) is 4. The minimum atomic E-state index is -1.34. The van der Waals surface area contributed by atoms with Gasteiger partial charge in [-0.05, 0) is 96.9 Å². The van der Waals surface area contributed by atoms with Crippen LogP contribution in [-0.4, -0.2) is 77.3 Å². The predicted octanol–water partition coefficient (Wildman–Crippen LogP) is 5.38. The lowest BCUT2D eigenvalue weighted by Gasteiger charge is -2.36. The molecule has 13 heteroatoms. The highest BCUT2D eigenvalue weighted by Gasteiger charge is 2.42. The molecule has 0 unspecified atom stereocenters. The topological polar surface area (TPSA) is 168 Å². The molecule has 0 saturated carbocycles. The van der Waals surface area contributed by atoms with E-state index in [1.54, 1.807) is 33.9 Å². The lowest BCUT2D eigenvalue weighted by atomic mass is 9.87. The Labute approximate surface area is 305 Å². The fourth-order valence-corrected chi connectivity index (χ4v) is 5.58. The lowest BCUT2D eigenvalue weighted by molar-refractivity contribution is -0.165. The standard InChI is InChI=1S/C39H51N3O10/c1-9-33(44)50-24-39(6,7)35(46)36(47)42-19-11-10-12-29(42)37(48)51-30(16-15-26-14-13-25(2)31(20-26)49-8)27-21-28(23-40-22-27)41-32(43)17-18-34(45)52-38(3,4)5/h9,13-14,20-23,29-30H,1,10-12,15-19,24H2,2-8H3,(H,41,43)/t29-,30+/m0/s1. The molecule has 0 aliphatic carbocycles. The number of amides is 2. The Morgan fingerprint density at radius 2 is 1.77 bits per heavy atom. The maximum Gasteiger partial charge on any atom is 0.330 e. The molecule has 1 saturated heterocycles. The summed E-state index contributed by atoms with van der Waals surface area (Å²) in [6.07, 6.45) is 5.19. The number of aromatic nitrogens is 1. The van der Waals surface area contributed by atoms with Crippen LogP contribution in [-0.2, 0) is 49.4 Å². The van der Waals surface area contributed by atoms with Crippen molar-refractivity contribution in [1.82, 2.24) is 9.88 Å². The molecule has 13 nitrogen and oxygen atoms in total. The Bertz CT molecular complexity index is 1640. The van der Waals surface area contributed by atoms with Crippen molar-refractivity contribution in [2.45, 2.75) is 104 Å². The fourth-order valence-electron chi connectivity index (χ4n) is 5.58. The second kappa shape index (κ2) is 18.4. The molecule has 1 N–H and O–H groups in total. The van der Waals surface area contributed by atoms with Gasteiger partial charge in [-0.15, -0.1) is 0 Å². The van der Waals surface area contributed by atoms with E-state index in [0.717, 1.165) is 17.2 Å². The van der Waals surface area contributed by atoms with Crippen LogP contribution in [0, 0.1) is 12.3 Å². The zero-order chi connectivity index (χ0) is 38.6. The SMILES string of the molecule is C=CC(=O)OCC(C)(C)C(=O)C(=O)N1CCCC[C@H]1C(=O)O[C@H](CCc1ccc(C)c(OC)c1)c1cncc(NC(=O)CCC(=O)OC(C)(C)C)c1. The van der Waals surface area contributed by atoms with E-state index in [-0.39, 0.29) is 32.4 Å². The quantitative estimate of drug-likeness (QED) is 0.102. The third-order valence-corrected chi connectivity index (χ3v) is 8.40. The van der Waals surface area contributed by atoms with Crippen LogP contribution in [0.5, 0.6) is 5.75 Å². The summed E-state index contributed by atoms with van der Waals surface area (Å²) in [5.74, 6) is -3.27. The number of benzene rings is 1. The summed E-state index contributed by atoms with van der Waals surface area (Å²) in [4.78, 5) is 82.8. The first kappa shape index (κ1) is 41.4. The van der Waals surface area contributed by atoms with Crippen molar-refractivity contribution in [3.63, 3.8) is 0 Å². The van der Waals surface area contributed by atoms with E-state index in [1.165, 1.54) is 31.1 Å². The molecule has 282 valence electrons. The van der Waals surface area contributed by atoms with Crippen LogP contribution >= 0.6 is 0 Å². The summed E-state index contributed by atoms with van der Waals surface area (Å²) in [6, 6.07) is 6.42. The molecule has 0 radical (unpaired) electrons. The molecular formula is C39H51N3O10. The van der Waals surface area contributed by atoms with Crippen molar-refractivity contribution < 1.29 is 47.7 Å². The average Bonchev–Trinajstić information content (AvgIpc) is 3.10. The van der Waals surface area contributed by atoms with Crippen LogP contribution < -0.4 is 10.1 Å². The van der Waals surface area contributed by atoms with Gasteiger partial charge in [-0.1, -0.05) is 18.7 Å². The van der Waals surface area contributed by atoms with Gasteiger partial charge in [0.25, 0.3) is 5.91 Å². The van der Waals surface area contributed by atoms with Crippen molar-refractivity contribution in [1.29, 1.82) is 0 Å². The zero-order valence-corrected chi connectivity index (χ0v) is 31.2. The number of methoxy groups -OCH3 is 1. The molecule has 3 rings (SSSR count). The van der Waals surface area contributed by atoms with Crippen molar-refractivity contribution in [3.8, 4) is 5.75 Å². The number of nitrogens with one attached hydrogen (secondary N) is 1. The first-order valence-corrected chi connectivity index (χ1v) is 17.4. The molecular weight excluding hydrogens is 670 g/mol. The zero-order valence-electron chi connectivity index (χ0n) is 31.2. The molecule has 1 aromatic heterocycles. The fraction of sp³-hybridized carbons (Fsp3) is 0.513. The van der Waals surface area contributed by atoms with E-state index in [2.05, 4.69) is 16.9 Å². The Morgan fingerprint density at radius 1 is 1.04 bits per heavy atom. The van der Waals surface area contributed by atoms with Gasteiger partial charge in [0, 0.05) is 30.8 Å². The number of likely N-dealkylation sites (tertiary alicyclic amines) is 1. The molecule has 0 bridgehead atoms. The Hall–Kier alpha value is -5.07. The number of hydrogen-bond acceptors (Lipinski definition) is 11. The molecule has 2 atom stereocenters. The van der Waals surface area contributed by atoms with Crippen LogP contribution in [0.3, 0.4) is 0 Å². The number of Topliss-reactive ketones (excluding diaryl/α,β-unsaturated/α-hetero) is 1. The monoisotopic (exact) mass is 721 g/mol. The Balaban J connectivity index is 1.83. The van der Waals surface area contributed by atoms with Crippen LogP contribution in [0.1, 0.15) is 95.9 Å². The van der Waals surface area contributed by atoms with Crippen LogP contribution in [0.15, 0.2) is 49.3 Å². The van der Waals surface area contributed by atoms with Crippen molar-refractivity contribution >= 4 is 41.2 Å². The van der Waals surface area contributed by atoms with E-state index in [4.69, 9.17) is 18.9 Å². The number of nitrogens with zero attached hydrogens (tertiary/aromatic N) is 2. The van der Waals surface area contributed by atoms with Gasteiger partial charge in [0.1, 0.15) is 30.1 Å². The molecule has 0 spiro atoms. The highest BCUT2D eigenvalue weighted by molar-refractivity contribution is 6.38.